The molecule has 54 heavy (non-hydrogen) atoms. The summed E-state index contributed by atoms with van der Waals surface area (Å²) in [7, 11) is 0. The largest absolute Gasteiger partial charge is 0.294 e. The maximum absolute atomic E-state index is 2.90. The van der Waals surface area contributed by atoms with E-state index in [0.29, 0.717) is 24.2 Å². The molecule has 0 N–H and O–H groups in total. The van der Waals surface area contributed by atoms with Crippen molar-refractivity contribution in [3.63, 3.8) is 0 Å². The summed E-state index contributed by atoms with van der Waals surface area (Å²) in [5, 5.41) is 0. The number of hydrogen-bond donors (Lipinski definition) is 0. The predicted octanol–water partition coefficient (Wildman–Crippen LogP) is 17.4. The fourth-order valence-corrected chi connectivity index (χ4v) is 8.99. The van der Waals surface area contributed by atoms with Crippen molar-refractivity contribution in [1.29, 1.82) is 0 Å². The lowest BCUT2D eigenvalue weighted by atomic mass is 9.99. The van der Waals surface area contributed by atoms with Gasteiger partial charge in [-0.15, -0.1) is 0 Å². The molecule has 1 rings (SSSR count). The Morgan fingerprint density at radius 3 is 0.796 bits per heavy atom. The van der Waals surface area contributed by atoms with Crippen LogP contribution in [0.3, 0.4) is 0 Å². The van der Waals surface area contributed by atoms with Gasteiger partial charge in [0.05, 0.1) is 0 Å². The summed E-state index contributed by atoms with van der Waals surface area (Å²) < 4.78 is 0. The molecule has 0 fully saturated rings. The van der Waals surface area contributed by atoms with Gasteiger partial charge in [-0.05, 0) is 64.5 Å². The third kappa shape index (κ3) is 26.9. The molecule has 0 aliphatic rings. The van der Waals surface area contributed by atoms with Gasteiger partial charge in [0.25, 0.3) is 0 Å². The molecule has 0 aliphatic carbocycles. The van der Waals surface area contributed by atoms with Crippen LogP contribution in [0.25, 0.3) is 0 Å². The molecule has 0 bridgehead atoms. The van der Waals surface area contributed by atoms with E-state index in [1.165, 1.54) is 217 Å². The first-order valence-electron chi connectivity index (χ1n) is 25.0. The van der Waals surface area contributed by atoms with Crippen LogP contribution in [0.5, 0.6) is 0 Å². The summed E-state index contributed by atoms with van der Waals surface area (Å²) >= 11 is 0. The first-order valence-corrected chi connectivity index (χ1v) is 25.0. The predicted molar refractivity (Wildman–Crippen MR) is 246 cm³/mol. The number of nitrogens with zero attached hydrogens (tertiary/aromatic N) is 2. The second-order valence-electron chi connectivity index (χ2n) is 18.2. The van der Waals surface area contributed by atoms with E-state index < -0.39 is 0 Å². The topological polar surface area (TPSA) is 6.48 Å². The molecule has 0 aliphatic heterocycles. The Hall–Kier alpha value is -0.860. The van der Waals surface area contributed by atoms with Crippen LogP contribution < -0.4 is 0 Å². The van der Waals surface area contributed by atoms with Gasteiger partial charge in [0, 0.05) is 37.3 Å². The van der Waals surface area contributed by atoms with Crippen LogP contribution in [0.4, 0.5) is 0 Å². The third-order valence-electron chi connectivity index (χ3n) is 12.9. The molecule has 4 unspecified atom stereocenters. The highest BCUT2D eigenvalue weighted by molar-refractivity contribution is 5.24. The average molecular weight is 753 g/mol. The molecule has 318 valence electrons. The van der Waals surface area contributed by atoms with Crippen LogP contribution in [0, 0.1) is 0 Å². The smallest absolute Gasteiger partial charge is 0.0239 e. The molecule has 0 heterocycles. The minimum absolute atomic E-state index is 0.643. The SMILES string of the molecule is CCCCCCCCCC(C)N(Cc1cccc(CN(C(C)CCCCCCCCC)C(C)CCCCCCCCC)c1)C(C)CCCCCCCCC. The van der Waals surface area contributed by atoms with Crippen molar-refractivity contribution in [2.75, 3.05) is 0 Å². The normalized spacial score (nSPS) is 14.3. The molecular formula is C52H100N2. The van der Waals surface area contributed by atoms with Gasteiger partial charge in [0.2, 0.25) is 0 Å². The quantitative estimate of drug-likeness (QED) is 0.0616. The third-order valence-corrected chi connectivity index (χ3v) is 12.9. The second kappa shape index (κ2) is 36.5. The lowest BCUT2D eigenvalue weighted by molar-refractivity contribution is 0.124. The van der Waals surface area contributed by atoms with E-state index in [4.69, 9.17) is 0 Å². The molecule has 0 amide bonds. The van der Waals surface area contributed by atoms with Crippen molar-refractivity contribution in [2.24, 2.45) is 0 Å². The van der Waals surface area contributed by atoms with E-state index >= 15 is 0 Å². The Labute approximate surface area is 342 Å². The van der Waals surface area contributed by atoms with Gasteiger partial charge in [0.1, 0.15) is 0 Å². The number of rotatable bonds is 40. The average Bonchev–Trinajstić information content (AvgIpc) is 3.17. The molecule has 0 spiro atoms. The van der Waals surface area contributed by atoms with E-state index in [1.807, 2.05) is 0 Å². The van der Waals surface area contributed by atoms with Gasteiger partial charge < -0.3 is 0 Å². The lowest BCUT2D eigenvalue weighted by Crippen LogP contribution is -2.40. The second-order valence-corrected chi connectivity index (χ2v) is 18.2. The minimum Gasteiger partial charge on any atom is -0.294 e. The molecule has 1 aromatic carbocycles. The van der Waals surface area contributed by atoms with Gasteiger partial charge in [-0.2, -0.15) is 0 Å². The Bertz CT molecular complexity index is 794. The van der Waals surface area contributed by atoms with Crippen molar-refractivity contribution in [3.8, 4) is 0 Å². The van der Waals surface area contributed by atoms with Crippen LogP contribution >= 0.6 is 0 Å². The molecule has 2 heteroatoms. The fourth-order valence-electron chi connectivity index (χ4n) is 8.99. The first-order chi connectivity index (χ1) is 26.4. The van der Waals surface area contributed by atoms with Gasteiger partial charge >= 0.3 is 0 Å². The summed E-state index contributed by atoms with van der Waals surface area (Å²) in [6, 6.07) is 12.4. The van der Waals surface area contributed by atoms with Gasteiger partial charge in [0.15, 0.2) is 0 Å². The zero-order valence-electron chi connectivity index (χ0n) is 38.6. The molecule has 0 radical (unpaired) electrons. The minimum atomic E-state index is 0.643. The van der Waals surface area contributed by atoms with Gasteiger partial charge in [-0.25, -0.2) is 0 Å². The van der Waals surface area contributed by atoms with Crippen molar-refractivity contribution < 1.29 is 0 Å². The van der Waals surface area contributed by atoms with Crippen molar-refractivity contribution in [1.82, 2.24) is 9.80 Å². The maximum Gasteiger partial charge on any atom is 0.0239 e. The lowest BCUT2D eigenvalue weighted by Gasteiger charge is -2.36. The van der Waals surface area contributed by atoms with Crippen LogP contribution in [0.15, 0.2) is 24.3 Å². The standard InChI is InChI=1S/C52H100N2/c1-9-13-17-21-25-29-33-38-47(5)53(48(6)39-34-30-26-22-18-14-10-2)45-51-42-37-43-52(44-51)46-54(49(7)40-35-31-27-23-19-15-11-3)50(8)41-36-32-28-24-20-16-12-4/h37,42-44,47-50H,9-36,38-41,45-46H2,1-8H3. The summed E-state index contributed by atoms with van der Waals surface area (Å²) in [5.41, 5.74) is 3.06. The van der Waals surface area contributed by atoms with Gasteiger partial charge in [-0.1, -0.05) is 232 Å². The Balaban J connectivity index is 2.96. The first kappa shape index (κ1) is 51.2. The number of unbranched alkanes of at least 4 members (excludes halogenated alkanes) is 24. The van der Waals surface area contributed by atoms with E-state index in [2.05, 4.69) is 89.5 Å². The molecule has 0 saturated carbocycles. The van der Waals surface area contributed by atoms with E-state index in [0.717, 1.165) is 13.1 Å². The summed E-state index contributed by atoms with van der Waals surface area (Å²) in [4.78, 5) is 5.80. The molecular weight excluding hydrogens is 653 g/mol. The van der Waals surface area contributed by atoms with Crippen LogP contribution in [-0.4, -0.2) is 34.0 Å². The Morgan fingerprint density at radius 1 is 0.333 bits per heavy atom. The monoisotopic (exact) mass is 753 g/mol. The van der Waals surface area contributed by atoms with E-state index in [-0.39, 0.29) is 0 Å². The van der Waals surface area contributed by atoms with Crippen molar-refractivity contribution in [3.05, 3.63) is 35.4 Å². The van der Waals surface area contributed by atoms with Crippen molar-refractivity contribution in [2.45, 2.75) is 298 Å². The van der Waals surface area contributed by atoms with Crippen LogP contribution in [0.1, 0.15) is 272 Å². The molecule has 4 atom stereocenters. The summed E-state index contributed by atoms with van der Waals surface area (Å²) in [6.45, 7) is 21.7. The Kier molecular flexibility index (Phi) is 34.6. The fraction of sp³-hybridized carbons (Fsp3) is 0.885. The number of hydrogen-bond acceptors (Lipinski definition) is 2. The van der Waals surface area contributed by atoms with Crippen LogP contribution in [0.2, 0.25) is 0 Å². The zero-order valence-corrected chi connectivity index (χ0v) is 38.6. The zero-order chi connectivity index (χ0) is 39.5. The van der Waals surface area contributed by atoms with Crippen molar-refractivity contribution >= 4 is 0 Å². The van der Waals surface area contributed by atoms with Crippen LogP contribution in [-0.2, 0) is 13.1 Å². The van der Waals surface area contributed by atoms with Gasteiger partial charge in [-0.3, -0.25) is 9.80 Å². The highest BCUT2D eigenvalue weighted by Crippen LogP contribution is 2.25. The highest BCUT2D eigenvalue weighted by atomic mass is 15.2. The Morgan fingerprint density at radius 2 is 0.556 bits per heavy atom. The number of benzene rings is 1. The maximum atomic E-state index is 2.90. The van der Waals surface area contributed by atoms with E-state index in [1.54, 1.807) is 0 Å². The van der Waals surface area contributed by atoms with E-state index in [9.17, 15) is 0 Å². The summed E-state index contributed by atoms with van der Waals surface area (Å²) in [6.07, 6.45) is 44.7. The molecule has 2 nitrogen and oxygen atoms in total. The molecule has 0 aromatic heterocycles. The molecule has 0 saturated heterocycles. The molecule has 1 aromatic rings. The summed E-state index contributed by atoms with van der Waals surface area (Å²) in [5.74, 6) is 0. The highest BCUT2D eigenvalue weighted by Gasteiger charge is 2.23.